The monoisotopic (exact) mass is 219 g/mol. The van der Waals surface area contributed by atoms with Crippen LogP contribution in [0.15, 0.2) is 0 Å². The minimum absolute atomic E-state index is 0.0580. The Bertz CT molecular complexity index is 272. The molecule has 2 heterocycles. The van der Waals surface area contributed by atoms with Crippen molar-refractivity contribution in [2.45, 2.75) is 50.6 Å². The van der Waals surface area contributed by atoms with Crippen LogP contribution in [0.2, 0.25) is 0 Å². The van der Waals surface area contributed by atoms with Crippen LogP contribution in [0.5, 0.6) is 0 Å². The fourth-order valence-electron chi connectivity index (χ4n) is 2.01. The topological polar surface area (TPSA) is 57.2 Å². The van der Waals surface area contributed by atoms with E-state index in [-0.39, 0.29) is 6.61 Å². The van der Waals surface area contributed by atoms with E-state index in [4.69, 9.17) is 25.4 Å². The molecule has 2 fully saturated rings. The van der Waals surface area contributed by atoms with Gasteiger partial charge in [0.1, 0.15) is 12.2 Å². The average Bonchev–Trinajstić information content (AvgIpc) is 2.62. The molecule has 4 atom stereocenters. The average molecular weight is 219 g/mol. The molecule has 0 amide bonds. The van der Waals surface area contributed by atoms with E-state index in [2.05, 4.69) is 0 Å². The summed E-state index contributed by atoms with van der Waals surface area (Å²) in [6, 6.07) is 0. The van der Waals surface area contributed by atoms with Crippen molar-refractivity contribution >= 4 is 0 Å². The van der Waals surface area contributed by atoms with Crippen molar-refractivity contribution in [3.05, 3.63) is 0 Å². The van der Waals surface area contributed by atoms with Crippen molar-refractivity contribution in [1.29, 1.82) is 0 Å². The summed E-state index contributed by atoms with van der Waals surface area (Å²) in [6.07, 6.45) is -2.69. The largest absolute Gasteiger partial charge is 0.396 e. The Morgan fingerprint density at radius 3 is 2.80 bits per heavy atom. The van der Waals surface area contributed by atoms with Gasteiger partial charge in [0.05, 0.1) is 7.47 Å². The molecule has 0 unspecified atom stereocenters. The maximum Gasteiger partial charge on any atom is 0.190 e. The highest BCUT2D eigenvalue weighted by Gasteiger charge is 2.54. The van der Waals surface area contributed by atoms with Crippen LogP contribution in [0, 0.1) is 0 Å². The van der Waals surface area contributed by atoms with Crippen LogP contribution in [0.3, 0.4) is 0 Å². The lowest BCUT2D eigenvalue weighted by Crippen LogP contribution is -2.36. The Morgan fingerprint density at radius 1 is 1.47 bits per heavy atom. The molecule has 0 spiro atoms. The summed E-state index contributed by atoms with van der Waals surface area (Å²) < 4.78 is 30.1. The van der Waals surface area contributed by atoms with Gasteiger partial charge in [-0.3, -0.25) is 0 Å². The first-order chi connectivity index (χ1) is 7.43. The smallest absolute Gasteiger partial charge is 0.190 e. The minimum Gasteiger partial charge on any atom is -0.396 e. The third kappa shape index (κ3) is 2.03. The van der Waals surface area contributed by atoms with Gasteiger partial charge in [-0.15, -0.1) is 0 Å². The summed E-state index contributed by atoms with van der Waals surface area (Å²) in [5.74, 6) is -0.760. The summed E-state index contributed by atoms with van der Waals surface area (Å²) >= 11 is 0. The molecule has 0 aromatic carbocycles. The van der Waals surface area contributed by atoms with E-state index in [0.717, 1.165) is 0 Å². The van der Waals surface area contributed by atoms with Crippen molar-refractivity contribution in [2.24, 2.45) is 0 Å². The fourth-order valence-corrected chi connectivity index (χ4v) is 2.01. The third-order valence-electron chi connectivity index (χ3n) is 2.58. The van der Waals surface area contributed by atoms with Gasteiger partial charge in [-0.1, -0.05) is 0 Å². The second kappa shape index (κ2) is 3.99. The van der Waals surface area contributed by atoms with E-state index >= 15 is 0 Å². The Kier molecular flexibility index (Phi) is 2.66. The van der Waals surface area contributed by atoms with Gasteiger partial charge in [-0.05, 0) is 20.3 Å². The SMILES string of the molecule is [2H][C@@]1(OC)[C@@H](CCO)O[C@@H]2OC(C)(C)O[C@@H]21. The lowest BCUT2D eigenvalue weighted by molar-refractivity contribution is -0.217. The molecule has 5 nitrogen and oxygen atoms in total. The number of rotatable bonds is 3. The quantitative estimate of drug-likeness (QED) is 0.738. The molecule has 2 aliphatic heterocycles. The van der Waals surface area contributed by atoms with Crippen LogP contribution in [0.1, 0.15) is 21.6 Å². The Morgan fingerprint density at radius 2 is 2.20 bits per heavy atom. The van der Waals surface area contributed by atoms with Crippen LogP contribution in [-0.4, -0.2) is 49.2 Å². The Hall–Kier alpha value is -0.200. The van der Waals surface area contributed by atoms with E-state index in [1.807, 2.05) is 0 Å². The zero-order valence-corrected chi connectivity index (χ0v) is 9.23. The summed E-state index contributed by atoms with van der Waals surface area (Å²) in [4.78, 5) is 0. The standard InChI is InChI=1S/C10H18O5/c1-10(2)14-8-7(12-3)6(4-5-11)13-9(8)15-10/h6-9,11H,4-5H2,1-3H3/t6-,7-,8-,9-/m1/s1/i7D. The number of methoxy groups -OCH3 is 1. The molecule has 0 bridgehead atoms. The third-order valence-corrected chi connectivity index (χ3v) is 2.58. The van der Waals surface area contributed by atoms with Gasteiger partial charge < -0.3 is 24.1 Å². The molecule has 0 saturated carbocycles. The highest BCUT2D eigenvalue weighted by atomic mass is 16.8. The zero-order valence-electron chi connectivity index (χ0n) is 10.2. The first-order valence-electron chi connectivity index (χ1n) is 5.60. The second-order valence-corrected chi connectivity index (χ2v) is 4.17. The van der Waals surface area contributed by atoms with Gasteiger partial charge in [0.2, 0.25) is 0 Å². The van der Waals surface area contributed by atoms with Crippen LogP contribution in [0.4, 0.5) is 0 Å². The van der Waals surface area contributed by atoms with E-state index in [1.54, 1.807) is 13.8 Å². The van der Waals surface area contributed by atoms with Crippen molar-refractivity contribution in [3.63, 3.8) is 0 Å². The van der Waals surface area contributed by atoms with Crippen molar-refractivity contribution < 1.29 is 25.4 Å². The Balaban J connectivity index is 2.17. The fraction of sp³-hybridized carbons (Fsp3) is 1.00. The number of hydrogen-bond donors (Lipinski definition) is 1. The molecule has 2 saturated heterocycles. The van der Waals surface area contributed by atoms with E-state index in [9.17, 15) is 0 Å². The molecule has 0 radical (unpaired) electrons. The predicted molar refractivity (Wildman–Crippen MR) is 51.2 cm³/mol. The van der Waals surface area contributed by atoms with Gasteiger partial charge in [-0.2, -0.15) is 0 Å². The summed E-state index contributed by atoms with van der Waals surface area (Å²) in [5.41, 5.74) is 0. The lowest BCUT2D eigenvalue weighted by atomic mass is 10.1. The summed E-state index contributed by atoms with van der Waals surface area (Å²) in [7, 11) is 1.44. The number of ether oxygens (including phenoxy) is 4. The molecule has 0 aliphatic carbocycles. The molecule has 0 aromatic heterocycles. The first kappa shape index (κ1) is 9.99. The predicted octanol–water partition coefficient (Wildman–Crippen LogP) is 0.260. The number of hydrogen-bond acceptors (Lipinski definition) is 5. The van der Waals surface area contributed by atoms with Crippen LogP contribution in [-0.2, 0) is 18.9 Å². The van der Waals surface area contributed by atoms with E-state index < -0.39 is 30.4 Å². The minimum atomic E-state index is -1.32. The van der Waals surface area contributed by atoms with Crippen LogP contribution < -0.4 is 0 Å². The molecular weight excluding hydrogens is 200 g/mol. The molecule has 88 valence electrons. The maximum atomic E-state index is 8.92. The highest BCUT2D eigenvalue weighted by molar-refractivity contribution is 4.93. The normalized spacial score (nSPS) is 49.1. The van der Waals surface area contributed by atoms with Crippen LogP contribution >= 0.6 is 0 Å². The first-order valence-corrected chi connectivity index (χ1v) is 5.10. The van der Waals surface area contributed by atoms with E-state index in [0.29, 0.717) is 6.42 Å². The van der Waals surface area contributed by atoms with Crippen molar-refractivity contribution in [3.8, 4) is 0 Å². The molecule has 5 heteroatoms. The maximum absolute atomic E-state index is 8.92. The molecule has 0 aromatic rings. The van der Waals surface area contributed by atoms with Gasteiger partial charge in [-0.25, -0.2) is 0 Å². The number of aliphatic hydroxyl groups excluding tert-OH is 1. The van der Waals surface area contributed by atoms with Gasteiger partial charge in [0, 0.05) is 13.7 Å². The van der Waals surface area contributed by atoms with Gasteiger partial charge >= 0.3 is 0 Å². The molecule has 2 rings (SSSR count). The van der Waals surface area contributed by atoms with Crippen LogP contribution in [0.25, 0.3) is 0 Å². The van der Waals surface area contributed by atoms with E-state index in [1.165, 1.54) is 7.11 Å². The number of aliphatic hydroxyl groups is 1. The van der Waals surface area contributed by atoms with Crippen molar-refractivity contribution in [1.82, 2.24) is 0 Å². The molecule has 1 N–H and O–H groups in total. The zero-order chi connectivity index (χ0) is 12.0. The molecule has 15 heavy (non-hydrogen) atoms. The highest BCUT2D eigenvalue weighted by Crippen LogP contribution is 2.39. The van der Waals surface area contributed by atoms with Gasteiger partial charge in [0.25, 0.3) is 0 Å². The summed E-state index contributed by atoms with van der Waals surface area (Å²) in [6.45, 7) is 3.48. The second-order valence-electron chi connectivity index (χ2n) is 4.17. The molecular formula is C10H18O5. The molecule has 2 aliphatic rings. The Labute approximate surface area is 90.7 Å². The lowest BCUT2D eigenvalue weighted by Gasteiger charge is -2.24. The van der Waals surface area contributed by atoms with Gasteiger partial charge in [0.15, 0.2) is 12.1 Å². The number of fused-ring (bicyclic) bond motifs is 1. The van der Waals surface area contributed by atoms with Crippen molar-refractivity contribution in [2.75, 3.05) is 13.7 Å². The summed E-state index contributed by atoms with van der Waals surface area (Å²) in [5, 5.41) is 8.92.